The number of amides is 1. The molecule has 1 aliphatic heterocycles. The molecule has 122 valence electrons. The van der Waals surface area contributed by atoms with Crippen LogP contribution in [0.25, 0.3) is 0 Å². The second-order valence-corrected chi connectivity index (χ2v) is 8.32. The van der Waals surface area contributed by atoms with Crippen molar-refractivity contribution < 1.29 is 4.79 Å². The maximum absolute atomic E-state index is 12.5. The summed E-state index contributed by atoms with van der Waals surface area (Å²) in [5.74, 6) is 1.94. The molecule has 2 aliphatic rings. The van der Waals surface area contributed by atoms with Crippen LogP contribution in [0.4, 0.5) is 0 Å². The molecule has 1 aliphatic carbocycles. The lowest BCUT2D eigenvalue weighted by Gasteiger charge is -2.37. The number of carbonyl (C=O) groups excluding carboxylic acids is 1. The molecule has 21 heavy (non-hydrogen) atoms. The predicted molar refractivity (Wildman–Crippen MR) is 88.1 cm³/mol. The normalized spacial score (nSPS) is 32.5. The summed E-state index contributed by atoms with van der Waals surface area (Å²) >= 11 is 0. The van der Waals surface area contributed by atoms with Crippen molar-refractivity contribution in [3.63, 3.8) is 0 Å². The van der Waals surface area contributed by atoms with Crippen molar-refractivity contribution in [2.24, 2.45) is 23.2 Å². The summed E-state index contributed by atoms with van der Waals surface area (Å²) in [6, 6.07) is 0.311. The lowest BCUT2D eigenvalue weighted by molar-refractivity contribution is -0.127. The van der Waals surface area contributed by atoms with E-state index in [2.05, 4.69) is 38.3 Å². The van der Waals surface area contributed by atoms with Crippen LogP contribution in [0.3, 0.4) is 0 Å². The largest absolute Gasteiger partial charge is 0.353 e. The number of hydrogen-bond donors (Lipinski definition) is 2. The first-order valence-corrected chi connectivity index (χ1v) is 8.89. The van der Waals surface area contributed by atoms with Crippen molar-refractivity contribution in [1.29, 1.82) is 0 Å². The third kappa shape index (κ3) is 4.70. The summed E-state index contributed by atoms with van der Waals surface area (Å²) in [7, 11) is 0. The first-order chi connectivity index (χ1) is 9.88. The van der Waals surface area contributed by atoms with Crippen molar-refractivity contribution in [3.8, 4) is 0 Å². The zero-order chi connectivity index (χ0) is 15.5. The van der Waals surface area contributed by atoms with Crippen molar-refractivity contribution in [3.05, 3.63) is 0 Å². The Kier molecular flexibility index (Phi) is 5.70. The van der Waals surface area contributed by atoms with Crippen LogP contribution in [0, 0.1) is 23.2 Å². The second-order valence-electron chi connectivity index (χ2n) is 8.32. The maximum atomic E-state index is 12.5. The highest BCUT2D eigenvalue weighted by Crippen LogP contribution is 2.39. The molecular formula is C18H34N2O. The fourth-order valence-electron chi connectivity index (χ4n) is 3.99. The molecule has 2 unspecified atom stereocenters. The second kappa shape index (κ2) is 7.13. The van der Waals surface area contributed by atoms with E-state index in [9.17, 15) is 4.79 Å². The van der Waals surface area contributed by atoms with Crippen LogP contribution in [0.2, 0.25) is 0 Å². The van der Waals surface area contributed by atoms with Crippen LogP contribution in [-0.4, -0.2) is 25.0 Å². The summed E-state index contributed by atoms with van der Waals surface area (Å²) in [6.07, 6.45) is 7.04. The van der Waals surface area contributed by atoms with E-state index in [1.165, 1.54) is 25.7 Å². The van der Waals surface area contributed by atoms with E-state index in [4.69, 9.17) is 0 Å². The Hall–Kier alpha value is -0.570. The minimum absolute atomic E-state index is 0.252. The molecular weight excluding hydrogens is 260 g/mol. The molecule has 3 nitrogen and oxygen atoms in total. The van der Waals surface area contributed by atoms with Crippen molar-refractivity contribution in [2.45, 2.75) is 72.3 Å². The minimum atomic E-state index is 0.252. The minimum Gasteiger partial charge on any atom is -0.353 e. The lowest BCUT2D eigenvalue weighted by Crippen LogP contribution is -2.47. The van der Waals surface area contributed by atoms with Gasteiger partial charge in [0.05, 0.1) is 0 Å². The Bertz CT molecular complexity index is 334. The van der Waals surface area contributed by atoms with Crippen LogP contribution in [0.1, 0.15) is 66.2 Å². The molecule has 2 atom stereocenters. The van der Waals surface area contributed by atoms with E-state index < -0.39 is 0 Å². The van der Waals surface area contributed by atoms with Crippen molar-refractivity contribution in [2.75, 3.05) is 13.1 Å². The maximum Gasteiger partial charge on any atom is 0.223 e. The topological polar surface area (TPSA) is 41.1 Å². The molecule has 0 spiro atoms. The number of hydrogen-bond acceptors (Lipinski definition) is 2. The molecule has 3 heteroatoms. The van der Waals surface area contributed by atoms with Crippen molar-refractivity contribution >= 4 is 5.91 Å². The van der Waals surface area contributed by atoms with Crippen molar-refractivity contribution in [1.82, 2.24) is 10.6 Å². The molecule has 0 aromatic heterocycles. The lowest BCUT2D eigenvalue weighted by atomic mass is 9.69. The third-order valence-electron chi connectivity index (χ3n) is 5.73. The molecule has 2 rings (SSSR count). The molecule has 1 saturated heterocycles. The molecule has 0 aromatic rings. The van der Waals surface area contributed by atoms with Gasteiger partial charge in [0.1, 0.15) is 0 Å². The Labute approximate surface area is 130 Å². The van der Waals surface area contributed by atoms with Crippen LogP contribution >= 0.6 is 0 Å². The number of nitrogens with one attached hydrogen (secondary N) is 2. The first-order valence-electron chi connectivity index (χ1n) is 8.89. The third-order valence-corrected chi connectivity index (χ3v) is 5.73. The predicted octanol–water partition coefficient (Wildman–Crippen LogP) is 3.34. The fourth-order valence-corrected chi connectivity index (χ4v) is 3.99. The monoisotopic (exact) mass is 294 g/mol. The quantitative estimate of drug-likeness (QED) is 0.838. The Morgan fingerprint density at radius 3 is 2.33 bits per heavy atom. The molecule has 1 heterocycles. The Morgan fingerprint density at radius 1 is 1.14 bits per heavy atom. The molecule has 0 bridgehead atoms. The number of carbonyl (C=O) groups is 1. The van der Waals surface area contributed by atoms with Gasteiger partial charge in [0, 0.05) is 12.0 Å². The summed E-state index contributed by atoms with van der Waals surface area (Å²) in [5, 5.41) is 6.73. The highest BCUT2D eigenvalue weighted by molar-refractivity contribution is 5.79. The van der Waals surface area contributed by atoms with E-state index in [0.29, 0.717) is 23.3 Å². The van der Waals surface area contributed by atoms with E-state index >= 15 is 0 Å². The Balaban J connectivity index is 1.76. The van der Waals surface area contributed by atoms with Gasteiger partial charge >= 0.3 is 0 Å². The van der Waals surface area contributed by atoms with E-state index in [1.54, 1.807) is 0 Å². The standard InChI is InChI=1S/C18H34N2O/c1-13(15-6-5-11-19-12-15)20-17(21)14-7-9-16(10-8-14)18(2,3)4/h13-16,19H,5-12H2,1-4H3,(H,20,21). The van der Waals surface area contributed by atoms with Gasteiger partial charge in [0.25, 0.3) is 0 Å². The van der Waals surface area contributed by atoms with Crippen LogP contribution in [0.5, 0.6) is 0 Å². The van der Waals surface area contributed by atoms with Crippen LogP contribution in [0.15, 0.2) is 0 Å². The van der Waals surface area contributed by atoms with Gasteiger partial charge in [0.15, 0.2) is 0 Å². The summed E-state index contributed by atoms with van der Waals surface area (Å²) < 4.78 is 0. The van der Waals surface area contributed by atoms with Gasteiger partial charge in [-0.25, -0.2) is 0 Å². The van der Waals surface area contributed by atoms with Gasteiger partial charge in [0.2, 0.25) is 5.91 Å². The number of rotatable bonds is 3. The van der Waals surface area contributed by atoms with Gasteiger partial charge in [-0.05, 0) is 75.8 Å². The fraction of sp³-hybridized carbons (Fsp3) is 0.944. The molecule has 1 saturated carbocycles. The first kappa shape index (κ1) is 16.8. The van der Waals surface area contributed by atoms with Gasteiger partial charge in [-0.1, -0.05) is 20.8 Å². The zero-order valence-corrected chi connectivity index (χ0v) is 14.4. The molecule has 0 radical (unpaired) electrons. The average molecular weight is 294 g/mol. The Morgan fingerprint density at radius 2 is 1.81 bits per heavy atom. The van der Waals surface area contributed by atoms with Gasteiger partial charge in [-0.2, -0.15) is 0 Å². The smallest absolute Gasteiger partial charge is 0.223 e. The molecule has 2 fully saturated rings. The average Bonchev–Trinajstić information content (AvgIpc) is 2.47. The number of piperidine rings is 1. The van der Waals surface area contributed by atoms with Crippen LogP contribution in [-0.2, 0) is 4.79 Å². The summed E-state index contributed by atoms with van der Waals surface area (Å²) in [6.45, 7) is 11.4. The summed E-state index contributed by atoms with van der Waals surface area (Å²) in [4.78, 5) is 12.5. The highest BCUT2D eigenvalue weighted by atomic mass is 16.1. The van der Waals surface area contributed by atoms with E-state index in [0.717, 1.165) is 31.8 Å². The van der Waals surface area contributed by atoms with Gasteiger partial charge in [-0.15, -0.1) is 0 Å². The highest BCUT2D eigenvalue weighted by Gasteiger charge is 2.33. The van der Waals surface area contributed by atoms with Crippen LogP contribution < -0.4 is 10.6 Å². The molecule has 0 aromatic carbocycles. The SMILES string of the molecule is CC(NC(=O)C1CCC(C(C)(C)C)CC1)C1CCCNC1. The molecule has 2 N–H and O–H groups in total. The van der Waals surface area contributed by atoms with Gasteiger partial charge in [-0.3, -0.25) is 4.79 Å². The van der Waals surface area contributed by atoms with E-state index in [1.807, 2.05) is 0 Å². The zero-order valence-electron chi connectivity index (χ0n) is 14.4. The molecule has 1 amide bonds. The summed E-state index contributed by atoms with van der Waals surface area (Å²) in [5.41, 5.74) is 0.391. The van der Waals surface area contributed by atoms with Gasteiger partial charge < -0.3 is 10.6 Å². The van der Waals surface area contributed by atoms with E-state index in [-0.39, 0.29) is 5.92 Å².